The largest absolute Gasteiger partial charge is 0.295 e. The van der Waals surface area contributed by atoms with Crippen LogP contribution in [0.1, 0.15) is 33.6 Å². The monoisotopic (exact) mass is 143 g/mol. The van der Waals surface area contributed by atoms with E-state index in [1.54, 1.807) is 0 Å². The molecule has 0 N–H and O–H groups in total. The SMILES string of the molecule is CCC1CCN(C(C)C)O1. The molecular formula is C8H17NO. The van der Waals surface area contributed by atoms with Gasteiger partial charge in [-0.2, -0.15) is 5.06 Å². The first-order valence-corrected chi connectivity index (χ1v) is 4.17. The summed E-state index contributed by atoms with van der Waals surface area (Å²) in [6, 6.07) is 0.538. The van der Waals surface area contributed by atoms with Crippen LogP contribution in [0, 0.1) is 0 Å². The zero-order valence-electron chi connectivity index (χ0n) is 7.13. The molecule has 1 fully saturated rings. The van der Waals surface area contributed by atoms with Gasteiger partial charge in [0, 0.05) is 12.6 Å². The number of nitrogens with zero attached hydrogens (tertiary/aromatic N) is 1. The first-order chi connectivity index (χ1) is 4.74. The molecule has 1 aliphatic heterocycles. The van der Waals surface area contributed by atoms with Gasteiger partial charge < -0.3 is 0 Å². The second-order valence-electron chi connectivity index (χ2n) is 3.16. The minimum absolute atomic E-state index is 0.488. The van der Waals surface area contributed by atoms with E-state index >= 15 is 0 Å². The summed E-state index contributed by atoms with van der Waals surface area (Å²) in [7, 11) is 0. The Hall–Kier alpha value is -0.0800. The highest BCUT2D eigenvalue weighted by Crippen LogP contribution is 2.17. The van der Waals surface area contributed by atoms with Crippen LogP contribution in [0.4, 0.5) is 0 Å². The second kappa shape index (κ2) is 3.35. The summed E-state index contributed by atoms with van der Waals surface area (Å²) in [6.07, 6.45) is 2.83. The van der Waals surface area contributed by atoms with Crippen LogP contribution in [0.3, 0.4) is 0 Å². The summed E-state index contributed by atoms with van der Waals surface area (Å²) in [4.78, 5) is 5.61. The van der Waals surface area contributed by atoms with Crippen molar-refractivity contribution < 1.29 is 4.84 Å². The maximum Gasteiger partial charge on any atom is 0.0803 e. The number of hydrogen-bond donors (Lipinski definition) is 0. The molecule has 1 saturated heterocycles. The lowest BCUT2D eigenvalue weighted by Crippen LogP contribution is -2.26. The Morgan fingerprint density at radius 2 is 2.30 bits per heavy atom. The van der Waals surface area contributed by atoms with E-state index in [0.717, 1.165) is 13.0 Å². The Balaban J connectivity index is 2.28. The third-order valence-corrected chi connectivity index (χ3v) is 1.99. The zero-order chi connectivity index (χ0) is 7.56. The third-order valence-electron chi connectivity index (χ3n) is 1.99. The fourth-order valence-corrected chi connectivity index (χ4v) is 1.23. The topological polar surface area (TPSA) is 12.5 Å². The van der Waals surface area contributed by atoms with Crippen molar-refractivity contribution in [1.29, 1.82) is 0 Å². The lowest BCUT2D eigenvalue weighted by molar-refractivity contribution is -0.165. The summed E-state index contributed by atoms with van der Waals surface area (Å²) in [5.74, 6) is 0. The molecule has 1 aliphatic rings. The van der Waals surface area contributed by atoms with E-state index in [1.165, 1.54) is 6.42 Å². The quantitative estimate of drug-likeness (QED) is 0.584. The smallest absolute Gasteiger partial charge is 0.0803 e. The number of hydroxylamine groups is 2. The Bertz CT molecular complexity index is 103. The highest BCUT2D eigenvalue weighted by atomic mass is 16.7. The van der Waals surface area contributed by atoms with Gasteiger partial charge in [-0.05, 0) is 26.7 Å². The Morgan fingerprint density at radius 1 is 1.60 bits per heavy atom. The van der Waals surface area contributed by atoms with Gasteiger partial charge in [-0.1, -0.05) is 6.92 Å². The normalized spacial score (nSPS) is 28.2. The predicted octanol–water partition coefficient (Wildman–Crippen LogP) is 1.81. The molecular weight excluding hydrogens is 126 g/mol. The highest BCUT2D eigenvalue weighted by Gasteiger charge is 2.23. The fraction of sp³-hybridized carbons (Fsp3) is 1.00. The average Bonchev–Trinajstić information content (AvgIpc) is 2.34. The Morgan fingerprint density at radius 3 is 2.60 bits per heavy atom. The van der Waals surface area contributed by atoms with Crippen LogP contribution in [0.2, 0.25) is 0 Å². The van der Waals surface area contributed by atoms with Crippen LogP contribution in [0.15, 0.2) is 0 Å². The van der Waals surface area contributed by atoms with Gasteiger partial charge in [0.25, 0.3) is 0 Å². The lowest BCUT2D eigenvalue weighted by atomic mass is 10.2. The van der Waals surface area contributed by atoms with E-state index in [2.05, 4.69) is 25.8 Å². The molecule has 2 heteroatoms. The van der Waals surface area contributed by atoms with E-state index in [-0.39, 0.29) is 0 Å². The van der Waals surface area contributed by atoms with Gasteiger partial charge in [0.05, 0.1) is 6.10 Å². The Kier molecular flexibility index (Phi) is 2.69. The van der Waals surface area contributed by atoms with Crippen LogP contribution in [0.25, 0.3) is 0 Å². The summed E-state index contributed by atoms with van der Waals surface area (Å²) in [6.45, 7) is 7.61. The van der Waals surface area contributed by atoms with Gasteiger partial charge in [0.1, 0.15) is 0 Å². The van der Waals surface area contributed by atoms with E-state index in [0.29, 0.717) is 12.1 Å². The molecule has 1 rings (SSSR count). The molecule has 1 heterocycles. The molecule has 0 aromatic heterocycles. The molecule has 1 atom stereocenters. The van der Waals surface area contributed by atoms with Crippen LogP contribution < -0.4 is 0 Å². The minimum Gasteiger partial charge on any atom is -0.295 e. The van der Waals surface area contributed by atoms with Crippen LogP contribution in [-0.4, -0.2) is 23.8 Å². The standard InChI is InChI=1S/C8H17NO/c1-4-8-5-6-9(10-8)7(2)3/h7-8H,4-6H2,1-3H3. The summed E-state index contributed by atoms with van der Waals surface area (Å²) < 4.78 is 0. The first kappa shape index (κ1) is 8.02. The summed E-state index contributed by atoms with van der Waals surface area (Å²) in [5.41, 5.74) is 0. The zero-order valence-corrected chi connectivity index (χ0v) is 7.13. The van der Waals surface area contributed by atoms with Gasteiger partial charge in [0.15, 0.2) is 0 Å². The maximum absolute atomic E-state index is 5.61. The molecule has 0 amide bonds. The molecule has 0 aliphatic carbocycles. The van der Waals surface area contributed by atoms with Crippen molar-refractivity contribution in [3.8, 4) is 0 Å². The highest BCUT2D eigenvalue weighted by molar-refractivity contribution is 4.66. The van der Waals surface area contributed by atoms with Gasteiger partial charge in [-0.15, -0.1) is 0 Å². The molecule has 0 bridgehead atoms. The van der Waals surface area contributed by atoms with Crippen molar-refractivity contribution >= 4 is 0 Å². The number of hydrogen-bond acceptors (Lipinski definition) is 2. The molecule has 0 radical (unpaired) electrons. The maximum atomic E-state index is 5.61. The van der Waals surface area contributed by atoms with Gasteiger partial charge in [-0.3, -0.25) is 4.84 Å². The van der Waals surface area contributed by atoms with Gasteiger partial charge in [-0.25, -0.2) is 0 Å². The molecule has 0 saturated carbocycles. The molecule has 10 heavy (non-hydrogen) atoms. The first-order valence-electron chi connectivity index (χ1n) is 4.17. The van der Waals surface area contributed by atoms with Crippen molar-refractivity contribution in [2.45, 2.75) is 45.8 Å². The lowest BCUT2D eigenvalue weighted by Gasteiger charge is -2.19. The molecule has 0 aromatic rings. The molecule has 1 unspecified atom stereocenters. The van der Waals surface area contributed by atoms with Crippen molar-refractivity contribution in [1.82, 2.24) is 5.06 Å². The summed E-state index contributed by atoms with van der Waals surface area (Å²) in [5, 5.41) is 2.08. The van der Waals surface area contributed by atoms with Crippen LogP contribution in [0.5, 0.6) is 0 Å². The van der Waals surface area contributed by atoms with E-state index in [4.69, 9.17) is 4.84 Å². The molecule has 2 nitrogen and oxygen atoms in total. The van der Waals surface area contributed by atoms with Crippen molar-refractivity contribution in [2.75, 3.05) is 6.54 Å². The average molecular weight is 143 g/mol. The second-order valence-corrected chi connectivity index (χ2v) is 3.16. The van der Waals surface area contributed by atoms with E-state index < -0.39 is 0 Å². The number of rotatable bonds is 2. The molecule has 0 spiro atoms. The van der Waals surface area contributed by atoms with E-state index in [1.807, 2.05) is 0 Å². The van der Waals surface area contributed by atoms with Gasteiger partial charge in [0.2, 0.25) is 0 Å². The predicted molar refractivity (Wildman–Crippen MR) is 41.6 cm³/mol. The van der Waals surface area contributed by atoms with Gasteiger partial charge >= 0.3 is 0 Å². The third kappa shape index (κ3) is 1.70. The molecule has 60 valence electrons. The summed E-state index contributed by atoms with van der Waals surface area (Å²) >= 11 is 0. The van der Waals surface area contributed by atoms with Crippen molar-refractivity contribution in [2.24, 2.45) is 0 Å². The van der Waals surface area contributed by atoms with E-state index in [9.17, 15) is 0 Å². The van der Waals surface area contributed by atoms with Crippen LogP contribution in [-0.2, 0) is 4.84 Å². The Labute approximate surface area is 63.1 Å². The molecule has 0 aromatic carbocycles. The minimum atomic E-state index is 0.488. The fourth-order valence-electron chi connectivity index (χ4n) is 1.23. The van der Waals surface area contributed by atoms with Crippen molar-refractivity contribution in [3.63, 3.8) is 0 Å². The van der Waals surface area contributed by atoms with Crippen molar-refractivity contribution in [3.05, 3.63) is 0 Å². The van der Waals surface area contributed by atoms with Crippen LogP contribution >= 0.6 is 0 Å².